The van der Waals surface area contributed by atoms with Crippen LogP contribution in [-0.4, -0.2) is 12.0 Å². The molecule has 1 N–H and O–H groups in total. The molecule has 0 bridgehead atoms. The van der Waals surface area contributed by atoms with Crippen LogP contribution in [0.3, 0.4) is 0 Å². The van der Waals surface area contributed by atoms with Crippen LogP contribution in [0.25, 0.3) is 22.2 Å². The van der Waals surface area contributed by atoms with Crippen molar-refractivity contribution >= 4 is 28.2 Å². The number of nitrogens with zero attached hydrogens (tertiary/aromatic N) is 1. The Bertz CT molecular complexity index is 816. The molecule has 4 heteroatoms. The van der Waals surface area contributed by atoms with Crippen LogP contribution >= 0.6 is 11.6 Å². The van der Waals surface area contributed by atoms with Crippen LogP contribution < -0.4 is 5.32 Å². The van der Waals surface area contributed by atoms with Crippen molar-refractivity contribution in [2.45, 2.75) is 6.92 Å². The maximum atomic E-state index is 13.6. The van der Waals surface area contributed by atoms with Crippen LogP contribution in [0.4, 0.5) is 10.1 Å². The predicted octanol–water partition coefficient (Wildman–Crippen LogP) is 5.04. The minimum absolute atomic E-state index is 0.365. The summed E-state index contributed by atoms with van der Waals surface area (Å²) >= 11 is 6.20. The smallest absolute Gasteiger partial charge is 0.126 e. The Hall–Kier alpha value is -2.13. The third-order valence-electron chi connectivity index (χ3n) is 3.54. The molecule has 0 fully saturated rings. The van der Waals surface area contributed by atoms with Gasteiger partial charge in [-0.05, 0) is 18.6 Å². The monoisotopic (exact) mass is 300 g/mol. The molecule has 1 heterocycles. The SMILES string of the molecule is CNc1c(C)c(-c2ccccc2)nc2cc(F)cc(Cl)c12. The number of benzene rings is 2. The molecule has 3 rings (SSSR count). The van der Waals surface area contributed by atoms with Crippen LogP contribution in [0.2, 0.25) is 5.02 Å². The molecule has 0 saturated carbocycles. The highest BCUT2D eigenvalue weighted by Gasteiger charge is 2.15. The van der Waals surface area contributed by atoms with Gasteiger partial charge in [0.25, 0.3) is 0 Å². The van der Waals surface area contributed by atoms with Crippen molar-refractivity contribution in [3.63, 3.8) is 0 Å². The summed E-state index contributed by atoms with van der Waals surface area (Å²) in [4.78, 5) is 4.61. The zero-order valence-corrected chi connectivity index (χ0v) is 12.5. The summed E-state index contributed by atoms with van der Waals surface area (Å²) in [5.74, 6) is -0.384. The molecule has 0 aliphatic carbocycles. The van der Waals surface area contributed by atoms with Gasteiger partial charge in [-0.3, -0.25) is 0 Å². The Kier molecular flexibility index (Phi) is 3.52. The normalized spacial score (nSPS) is 10.9. The lowest BCUT2D eigenvalue weighted by Crippen LogP contribution is -2.00. The van der Waals surface area contributed by atoms with Gasteiger partial charge >= 0.3 is 0 Å². The van der Waals surface area contributed by atoms with Crippen molar-refractivity contribution in [2.24, 2.45) is 0 Å². The van der Waals surface area contributed by atoms with E-state index in [1.54, 1.807) is 0 Å². The van der Waals surface area contributed by atoms with E-state index >= 15 is 0 Å². The van der Waals surface area contributed by atoms with Gasteiger partial charge in [0.1, 0.15) is 5.82 Å². The van der Waals surface area contributed by atoms with E-state index in [1.165, 1.54) is 12.1 Å². The standard InChI is InChI=1S/C17H14ClFN2/c1-10-16(11-6-4-3-5-7-11)21-14-9-12(19)8-13(18)15(14)17(10)20-2/h3-9H,1-2H3,(H,20,21). The third-order valence-corrected chi connectivity index (χ3v) is 3.84. The average molecular weight is 301 g/mol. The molecular formula is C17H14ClFN2. The molecule has 0 amide bonds. The quantitative estimate of drug-likeness (QED) is 0.717. The first-order valence-electron chi connectivity index (χ1n) is 6.64. The summed E-state index contributed by atoms with van der Waals surface area (Å²) in [6, 6.07) is 12.6. The number of pyridine rings is 1. The van der Waals surface area contributed by atoms with Gasteiger partial charge < -0.3 is 5.32 Å². The van der Waals surface area contributed by atoms with Gasteiger partial charge in [0.05, 0.1) is 16.2 Å². The molecule has 1 aromatic heterocycles. The summed E-state index contributed by atoms with van der Waals surface area (Å²) in [6.45, 7) is 1.99. The van der Waals surface area contributed by atoms with Gasteiger partial charge in [-0.25, -0.2) is 9.37 Å². The van der Waals surface area contributed by atoms with Crippen molar-refractivity contribution in [1.82, 2.24) is 4.98 Å². The molecule has 0 aliphatic heterocycles. The fourth-order valence-electron chi connectivity index (χ4n) is 2.60. The Balaban J connectivity index is 2.41. The van der Waals surface area contributed by atoms with Gasteiger partial charge in [0, 0.05) is 29.8 Å². The second kappa shape index (κ2) is 5.34. The third kappa shape index (κ3) is 2.34. The van der Waals surface area contributed by atoms with Crippen LogP contribution in [0, 0.1) is 12.7 Å². The second-order valence-corrected chi connectivity index (χ2v) is 5.27. The Morgan fingerprint density at radius 2 is 1.86 bits per heavy atom. The van der Waals surface area contributed by atoms with E-state index in [1.807, 2.05) is 44.3 Å². The molecule has 106 valence electrons. The zero-order valence-electron chi connectivity index (χ0n) is 11.7. The lowest BCUT2D eigenvalue weighted by Gasteiger charge is -2.15. The predicted molar refractivity (Wildman–Crippen MR) is 86.4 cm³/mol. The van der Waals surface area contributed by atoms with Crippen molar-refractivity contribution < 1.29 is 4.39 Å². The van der Waals surface area contributed by atoms with Crippen molar-refractivity contribution in [2.75, 3.05) is 12.4 Å². The Morgan fingerprint density at radius 3 is 2.52 bits per heavy atom. The maximum Gasteiger partial charge on any atom is 0.126 e. The first kappa shape index (κ1) is 13.8. The number of anilines is 1. The highest BCUT2D eigenvalue weighted by molar-refractivity contribution is 6.36. The topological polar surface area (TPSA) is 24.9 Å². The highest BCUT2D eigenvalue weighted by atomic mass is 35.5. The van der Waals surface area contributed by atoms with Crippen molar-refractivity contribution in [3.05, 3.63) is 58.9 Å². The first-order chi connectivity index (χ1) is 10.1. The molecule has 3 aromatic rings. The molecule has 0 spiro atoms. The molecule has 0 atom stereocenters. The summed E-state index contributed by atoms with van der Waals surface area (Å²) < 4.78 is 13.6. The molecule has 0 aliphatic rings. The first-order valence-corrected chi connectivity index (χ1v) is 7.02. The number of halogens is 2. The summed E-state index contributed by atoms with van der Waals surface area (Å²) in [7, 11) is 1.83. The summed E-state index contributed by atoms with van der Waals surface area (Å²) in [5.41, 5.74) is 4.24. The highest BCUT2D eigenvalue weighted by Crippen LogP contribution is 2.37. The lowest BCUT2D eigenvalue weighted by molar-refractivity contribution is 0.629. The summed E-state index contributed by atoms with van der Waals surface area (Å²) in [5, 5.41) is 4.28. The number of nitrogens with one attached hydrogen (secondary N) is 1. The molecule has 0 saturated heterocycles. The van der Waals surface area contributed by atoms with Crippen LogP contribution in [0.5, 0.6) is 0 Å². The van der Waals surface area contributed by atoms with Gasteiger partial charge in [-0.15, -0.1) is 0 Å². The number of aromatic nitrogens is 1. The number of fused-ring (bicyclic) bond motifs is 1. The average Bonchev–Trinajstić information content (AvgIpc) is 2.48. The van der Waals surface area contributed by atoms with Crippen molar-refractivity contribution in [1.29, 1.82) is 0 Å². The molecule has 2 aromatic carbocycles. The van der Waals surface area contributed by atoms with Crippen molar-refractivity contribution in [3.8, 4) is 11.3 Å². The van der Waals surface area contributed by atoms with E-state index in [2.05, 4.69) is 10.3 Å². The second-order valence-electron chi connectivity index (χ2n) is 4.86. The maximum absolute atomic E-state index is 13.6. The van der Waals surface area contributed by atoms with E-state index in [0.29, 0.717) is 10.5 Å². The van der Waals surface area contributed by atoms with E-state index in [9.17, 15) is 4.39 Å². The van der Waals surface area contributed by atoms with Gasteiger partial charge in [-0.1, -0.05) is 41.9 Å². The zero-order chi connectivity index (χ0) is 15.0. The Morgan fingerprint density at radius 1 is 1.14 bits per heavy atom. The van der Waals surface area contributed by atoms with E-state index in [-0.39, 0.29) is 5.82 Å². The van der Waals surface area contributed by atoms with Gasteiger partial charge in [0.15, 0.2) is 0 Å². The van der Waals surface area contributed by atoms with Crippen LogP contribution in [-0.2, 0) is 0 Å². The largest absolute Gasteiger partial charge is 0.387 e. The summed E-state index contributed by atoms with van der Waals surface area (Å²) in [6.07, 6.45) is 0. The van der Waals surface area contributed by atoms with Gasteiger partial charge in [0.2, 0.25) is 0 Å². The minimum atomic E-state index is -0.384. The fraction of sp³-hybridized carbons (Fsp3) is 0.118. The molecular weight excluding hydrogens is 287 g/mol. The lowest BCUT2D eigenvalue weighted by atomic mass is 10.0. The minimum Gasteiger partial charge on any atom is -0.387 e. The number of rotatable bonds is 2. The van der Waals surface area contributed by atoms with Gasteiger partial charge in [-0.2, -0.15) is 0 Å². The number of hydrogen-bond acceptors (Lipinski definition) is 2. The van der Waals surface area contributed by atoms with E-state index < -0.39 is 0 Å². The Labute approximate surface area is 127 Å². The molecule has 0 radical (unpaired) electrons. The molecule has 0 unspecified atom stereocenters. The molecule has 2 nitrogen and oxygen atoms in total. The van der Waals surface area contributed by atoms with E-state index in [4.69, 9.17) is 11.6 Å². The van der Waals surface area contributed by atoms with Crippen LogP contribution in [0.1, 0.15) is 5.56 Å². The van der Waals surface area contributed by atoms with Crippen LogP contribution in [0.15, 0.2) is 42.5 Å². The number of hydrogen-bond donors (Lipinski definition) is 1. The molecule has 21 heavy (non-hydrogen) atoms. The fourth-order valence-corrected chi connectivity index (χ4v) is 2.89. The van der Waals surface area contributed by atoms with E-state index in [0.717, 1.165) is 27.9 Å².